The molecule has 0 bridgehead atoms. The van der Waals surface area contributed by atoms with Crippen molar-refractivity contribution >= 4 is 24.1 Å². The third-order valence-corrected chi connectivity index (χ3v) is 9.31. The van der Waals surface area contributed by atoms with Crippen molar-refractivity contribution in [3.63, 3.8) is 0 Å². The molecule has 3 aliphatic rings. The second kappa shape index (κ2) is 23.9. The summed E-state index contributed by atoms with van der Waals surface area (Å²) >= 11 is 0. The van der Waals surface area contributed by atoms with Gasteiger partial charge in [-0.1, -0.05) is 107 Å². The summed E-state index contributed by atoms with van der Waals surface area (Å²) in [5.74, 6) is -0.131. The molecule has 2 aromatic carbocycles. The molecule has 0 aromatic heterocycles. The third-order valence-electron chi connectivity index (χ3n) is 9.31. The predicted octanol–water partition coefficient (Wildman–Crippen LogP) is 7.76. The van der Waals surface area contributed by atoms with E-state index in [9.17, 15) is 19.2 Å². The van der Waals surface area contributed by atoms with Crippen LogP contribution in [0.3, 0.4) is 0 Å². The molecule has 1 heterocycles. The maximum absolute atomic E-state index is 12.3. The Labute approximate surface area is 338 Å². The molecule has 3 amide bonds. The van der Waals surface area contributed by atoms with Crippen molar-refractivity contribution in [3.8, 4) is 17.6 Å². The normalized spacial score (nSPS) is 21.9. The van der Waals surface area contributed by atoms with Gasteiger partial charge in [-0.25, -0.2) is 9.59 Å². The number of hydroxylamine groups is 2. The van der Waals surface area contributed by atoms with Crippen molar-refractivity contribution in [1.29, 1.82) is 5.26 Å². The Balaban J connectivity index is 0.000000303. The number of nitriles is 1. The number of amides is 3. The van der Waals surface area contributed by atoms with Crippen LogP contribution in [0.1, 0.15) is 124 Å². The molecule has 1 aliphatic heterocycles. The number of hydrogen-bond acceptors (Lipinski definition) is 11. The number of ether oxygens (including phenoxy) is 2. The lowest BCUT2D eigenvalue weighted by Crippen LogP contribution is -2.48. The molecule has 0 saturated carbocycles. The highest BCUT2D eigenvalue weighted by Crippen LogP contribution is 2.32. The van der Waals surface area contributed by atoms with Crippen LogP contribution < -0.4 is 32.0 Å². The van der Waals surface area contributed by atoms with Crippen molar-refractivity contribution in [2.75, 3.05) is 0 Å². The Kier molecular flexibility index (Phi) is 20.2. The van der Waals surface area contributed by atoms with Crippen molar-refractivity contribution < 1.29 is 33.5 Å². The Bertz CT molecular complexity index is 1680. The van der Waals surface area contributed by atoms with Crippen molar-refractivity contribution in [2.45, 2.75) is 148 Å². The molecule has 312 valence electrons. The number of benzene rings is 2. The summed E-state index contributed by atoms with van der Waals surface area (Å²) in [5.41, 5.74) is 19.3. The summed E-state index contributed by atoms with van der Waals surface area (Å²) in [6.07, 6.45) is 15.1. The first kappa shape index (κ1) is 48.1. The fourth-order valence-corrected chi connectivity index (χ4v) is 6.11. The van der Waals surface area contributed by atoms with Gasteiger partial charge in [0.25, 0.3) is 11.8 Å². The summed E-state index contributed by atoms with van der Waals surface area (Å²) in [7, 11) is 0. The van der Waals surface area contributed by atoms with Gasteiger partial charge < -0.3 is 32.0 Å². The van der Waals surface area contributed by atoms with E-state index in [1.165, 1.54) is 6.92 Å². The molecule has 4 atom stereocenters. The molecule has 1 saturated heterocycles. The van der Waals surface area contributed by atoms with Gasteiger partial charge in [0, 0.05) is 55.1 Å². The molecule has 57 heavy (non-hydrogen) atoms. The quantitative estimate of drug-likeness (QED) is 0.102. The monoisotopic (exact) mass is 788 g/mol. The average molecular weight is 789 g/mol. The molecule has 2 aromatic rings. The highest BCUT2D eigenvalue weighted by molar-refractivity contribution is 6.01. The molecular weight excluding hydrogens is 725 g/mol. The van der Waals surface area contributed by atoms with Crippen molar-refractivity contribution in [3.05, 3.63) is 84.0 Å². The van der Waals surface area contributed by atoms with E-state index in [0.717, 1.165) is 62.5 Å². The largest absolute Gasteiger partial charge is 0.539 e. The number of para-hydroxylation sites is 2. The standard InChI is InChI=1S/C19H28N2O2.C15H17NO5.C8H16N2.C2H3N/c1-19(2,3)14-10-8-9-13-17(14)23-18(22)21-16-12-7-5-4-6-11-15(16)20;1-15(2,3)10-6-4-5-7-11(10)20-14(19)21-16-12(17)8-9-13(16)18;9-7-5-3-1-2-4-6-8(7)10;1-2-3/h4-5,8-10,13,15-16H,6-7,11-12,20H2,1-3H3,(H,21,22);4-7H,8-9H2,1-3H3;1-2,7-8H,3-6,9-10H2;1H3/b5-4+;;2-1+;/t15-,16+;;7-,8+;/m0.../s1. The minimum Gasteiger partial charge on any atom is -0.410 e. The molecule has 2 aliphatic carbocycles. The number of carbonyl (C=O) groups excluding carboxylic acids is 4. The number of nitrogens with one attached hydrogen (secondary N) is 1. The molecule has 7 N–H and O–H groups in total. The number of allylic oxidation sites excluding steroid dienone is 4. The lowest BCUT2D eigenvalue weighted by atomic mass is 9.86. The maximum Gasteiger partial charge on any atom is 0.539 e. The van der Waals surface area contributed by atoms with Gasteiger partial charge in [-0.05, 0) is 74.3 Å². The fraction of sp³-hybridized carbons (Fsp3) is 0.523. The Morgan fingerprint density at radius 3 is 1.51 bits per heavy atom. The zero-order valence-corrected chi connectivity index (χ0v) is 34.8. The van der Waals surface area contributed by atoms with Gasteiger partial charge in [0.1, 0.15) is 11.5 Å². The highest BCUT2D eigenvalue weighted by Gasteiger charge is 2.34. The molecule has 0 unspecified atom stereocenters. The predicted molar refractivity (Wildman–Crippen MR) is 222 cm³/mol. The van der Waals surface area contributed by atoms with Crippen molar-refractivity contribution in [2.24, 2.45) is 17.2 Å². The number of nitrogens with two attached hydrogens (primary N) is 3. The van der Waals surface area contributed by atoms with Crippen LogP contribution in [0.4, 0.5) is 9.59 Å². The first-order valence-electron chi connectivity index (χ1n) is 19.7. The van der Waals surface area contributed by atoms with E-state index in [1.807, 2.05) is 57.2 Å². The van der Waals surface area contributed by atoms with E-state index in [4.69, 9.17) is 31.9 Å². The zero-order valence-electron chi connectivity index (χ0n) is 34.8. The molecule has 1 fully saturated rings. The maximum atomic E-state index is 12.3. The van der Waals surface area contributed by atoms with Crippen LogP contribution >= 0.6 is 0 Å². The number of rotatable bonds is 4. The van der Waals surface area contributed by atoms with Gasteiger partial charge in [0.05, 0.1) is 6.07 Å². The number of nitrogens with zero attached hydrogens (tertiary/aromatic N) is 2. The number of imide groups is 1. The lowest BCUT2D eigenvalue weighted by Gasteiger charge is -2.26. The SMILES string of the molecule is CC#N.CC(C)(C)c1ccccc1OC(=O)N[C@@H]1CC/C=C/CC[C@@H]1N.CC(C)(C)c1ccccc1OC(=O)ON1C(=O)CCC1=O.N[C@@H]1CC/C=C/CC[C@@H]1N. The number of hydrogen-bond donors (Lipinski definition) is 4. The molecule has 13 heteroatoms. The number of carbonyl (C=O) groups is 4. The average Bonchev–Trinajstić information content (AvgIpc) is 3.44. The first-order valence-corrected chi connectivity index (χ1v) is 19.7. The Hall–Kier alpha value is -5.03. The minimum atomic E-state index is -1.10. The van der Waals surface area contributed by atoms with Crippen LogP contribution in [0.2, 0.25) is 0 Å². The van der Waals surface area contributed by atoms with E-state index in [2.05, 4.69) is 55.2 Å². The zero-order chi connectivity index (χ0) is 42.6. The van der Waals surface area contributed by atoms with E-state index in [-0.39, 0.29) is 47.8 Å². The molecule has 13 nitrogen and oxygen atoms in total. The van der Waals surface area contributed by atoms with Crippen molar-refractivity contribution in [1.82, 2.24) is 10.4 Å². The first-order chi connectivity index (χ1) is 26.9. The van der Waals surface area contributed by atoms with Gasteiger partial charge in [-0.3, -0.25) is 14.4 Å². The van der Waals surface area contributed by atoms with Gasteiger partial charge in [0.15, 0.2) is 0 Å². The van der Waals surface area contributed by atoms with E-state index in [0.29, 0.717) is 16.6 Å². The van der Waals surface area contributed by atoms with Gasteiger partial charge in [-0.15, -0.1) is 0 Å². The summed E-state index contributed by atoms with van der Waals surface area (Å²) < 4.78 is 10.7. The summed E-state index contributed by atoms with van der Waals surface area (Å²) in [6.45, 7) is 13.7. The van der Waals surface area contributed by atoms with E-state index < -0.39 is 24.1 Å². The molecule has 0 spiro atoms. The molecule has 0 radical (unpaired) electrons. The van der Waals surface area contributed by atoms with Gasteiger partial charge in [0.2, 0.25) is 0 Å². The molecule has 5 rings (SSSR count). The van der Waals surface area contributed by atoms with Crippen LogP contribution in [0.25, 0.3) is 0 Å². The van der Waals surface area contributed by atoms with Crippen LogP contribution in [0, 0.1) is 11.3 Å². The summed E-state index contributed by atoms with van der Waals surface area (Å²) in [6, 6.07) is 16.8. The fourth-order valence-electron chi connectivity index (χ4n) is 6.11. The minimum absolute atomic E-state index is 0.0367. The van der Waals surface area contributed by atoms with E-state index in [1.54, 1.807) is 18.2 Å². The second-order valence-corrected chi connectivity index (χ2v) is 16.1. The summed E-state index contributed by atoms with van der Waals surface area (Å²) in [4.78, 5) is 51.5. The van der Waals surface area contributed by atoms with Crippen LogP contribution in [0.5, 0.6) is 11.5 Å². The van der Waals surface area contributed by atoms with Crippen LogP contribution in [-0.2, 0) is 25.3 Å². The smallest absolute Gasteiger partial charge is 0.410 e. The second-order valence-electron chi connectivity index (χ2n) is 16.1. The topological polar surface area (TPSA) is 213 Å². The van der Waals surface area contributed by atoms with Crippen LogP contribution in [0.15, 0.2) is 72.8 Å². The highest BCUT2D eigenvalue weighted by atomic mass is 16.8. The molecular formula is C44H64N6O7. The Morgan fingerprint density at radius 1 is 0.684 bits per heavy atom. The van der Waals surface area contributed by atoms with Gasteiger partial charge >= 0.3 is 12.2 Å². The summed E-state index contributed by atoms with van der Waals surface area (Å²) in [5, 5.41) is 10.7. The Morgan fingerprint density at radius 2 is 1.07 bits per heavy atom. The van der Waals surface area contributed by atoms with E-state index >= 15 is 0 Å². The van der Waals surface area contributed by atoms with Gasteiger partial charge in [-0.2, -0.15) is 5.26 Å². The third kappa shape index (κ3) is 17.3. The lowest BCUT2D eigenvalue weighted by molar-refractivity contribution is -0.174. The van der Waals surface area contributed by atoms with Crippen LogP contribution in [-0.4, -0.2) is 53.3 Å².